The molecule has 148 valence electrons. The van der Waals surface area contributed by atoms with E-state index < -0.39 is 18.6 Å². The number of benzene rings is 1. The van der Waals surface area contributed by atoms with Crippen molar-refractivity contribution in [2.24, 2.45) is 5.92 Å². The Labute approximate surface area is 155 Å². The highest BCUT2D eigenvalue weighted by molar-refractivity contribution is 5.89. The van der Waals surface area contributed by atoms with E-state index in [-0.39, 0.29) is 24.4 Å². The van der Waals surface area contributed by atoms with Gasteiger partial charge in [-0.3, -0.25) is 9.69 Å². The molecule has 7 nitrogen and oxygen atoms in total. The van der Waals surface area contributed by atoms with E-state index >= 15 is 0 Å². The minimum atomic E-state index is -2.93. The summed E-state index contributed by atoms with van der Waals surface area (Å²) < 4.78 is 28.8. The van der Waals surface area contributed by atoms with Crippen LogP contribution in [0.5, 0.6) is 5.75 Å². The number of carbonyl (C=O) groups excluding carboxylic acids is 1. The lowest BCUT2D eigenvalue weighted by molar-refractivity contribution is -0.139. The lowest BCUT2D eigenvalue weighted by Gasteiger charge is -2.42. The highest BCUT2D eigenvalue weighted by atomic mass is 19.3. The molecule has 0 atom stereocenters. The number of alkyl halides is 2. The van der Waals surface area contributed by atoms with Crippen LogP contribution in [-0.2, 0) is 4.79 Å². The van der Waals surface area contributed by atoms with Gasteiger partial charge in [0.1, 0.15) is 5.75 Å². The minimum Gasteiger partial charge on any atom is -0.480 e. The van der Waals surface area contributed by atoms with Gasteiger partial charge in [0.2, 0.25) is 0 Å². The van der Waals surface area contributed by atoms with Gasteiger partial charge in [-0.1, -0.05) is 6.07 Å². The zero-order chi connectivity index (χ0) is 19.4. The van der Waals surface area contributed by atoms with Crippen LogP contribution in [0.1, 0.15) is 25.7 Å². The van der Waals surface area contributed by atoms with Gasteiger partial charge in [0.25, 0.3) is 0 Å². The third kappa shape index (κ3) is 6.06. The Morgan fingerprint density at radius 2 is 2.04 bits per heavy atom. The van der Waals surface area contributed by atoms with Gasteiger partial charge in [-0.05, 0) is 43.7 Å². The van der Waals surface area contributed by atoms with Gasteiger partial charge in [-0.15, -0.1) is 0 Å². The molecular formula is C18H23F2N3O4. The number of aliphatic carboxylic acids is 1. The summed E-state index contributed by atoms with van der Waals surface area (Å²) in [5.74, 6) is -0.269. The highest BCUT2D eigenvalue weighted by Gasteiger charge is 2.37. The normalized spacial score (nSPS) is 21.6. The number of amides is 2. The van der Waals surface area contributed by atoms with E-state index in [1.807, 2.05) is 4.90 Å². The van der Waals surface area contributed by atoms with Crippen LogP contribution >= 0.6 is 0 Å². The van der Waals surface area contributed by atoms with Crippen molar-refractivity contribution < 1.29 is 28.2 Å². The van der Waals surface area contributed by atoms with Gasteiger partial charge < -0.3 is 20.5 Å². The van der Waals surface area contributed by atoms with Crippen LogP contribution in [0.25, 0.3) is 0 Å². The van der Waals surface area contributed by atoms with Crippen molar-refractivity contribution in [3.05, 3.63) is 24.3 Å². The number of halogens is 2. The number of carbonyl (C=O) groups is 2. The second-order valence-electron chi connectivity index (χ2n) is 7.09. The maximum atomic E-state index is 12.2. The maximum Gasteiger partial charge on any atom is 0.387 e. The van der Waals surface area contributed by atoms with E-state index in [0.29, 0.717) is 24.4 Å². The number of nitrogens with zero attached hydrogens (tertiary/aromatic N) is 1. The van der Waals surface area contributed by atoms with Crippen molar-refractivity contribution in [2.45, 2.75) is 44.4 Å². The number of carboxylic acid groups (broad SMARTS) is 1. The van der Waals surface area contributed by atoms with Crippen molar-refractivity contribution >= 4 is 17.7 Å². The van der Waals surface area contributed by atoms with Crippen molar-refractivity contribution in [3.8, 4) is 5.75 Å². The molecule has 0 spiro atoms. The molecule has 9 heteroatoms. The molecule has 0 unspecified atom stereocenters. The molecule has 2 amide bonds. The summed E-state index contributed by atoms with van der Waals surface area (Å²) in [6, 6.07) is 5.47. The van der Waals surface area contributed by atoms with Crippen LogP contribution in [0, 0.1) is 5.92 Å². The standard InChI is InChI=1S/C18H23F2N3O4/c19-17(20)27-15-3-1-2-12(8-15)21-18(26)22-13-6-14(7-13)23(10-16(24)25)9-11-4-5-11/h1-3,8,11,13-14,17H,4-7,9-10H2,(H,24,25)(H2,21,22,26). The molecule has 3 rings (SSSR count). The molecule has 0 aliphatic heterocycles. The number of hydrogen-bond donors (Lipinski definition) is 3. The van der Waals surface area contributed by atoms with Gasteiger partial charge in [-0.25, -0.2) is 4.79 Å². The van der Waals surface area contributed by atoms with Gasteiger partial charge >= 0.3 is 18.6 Å². The molecule has 0 bridgehead atoms. The number of urea groups is 1. The summed E-state index contributed by atoms with van der Waals surface area (Å²) in [7, 11) is 0. The first kappa shape index (κ1) is 19.3. The first-order valence-corrected chi connectivity index (χ1v) is 8.97. The molecule has 2 aliphatic carbocycles. The number of anilines is 1. The average Bonchev–Trinajstić information content (AvgIpc) is 3.33. The Hall–Kier alpha value is -2.42. The van der Waals surface area contributed by atoms with Gasteiger partial charge in [0, 0.05) is 30.4 Å². The van der Waals surface area contributed by atoms with Crippen LogP contribution in [0.15, 0.2) is 24.3 Å². The number of rotatable bonds is 9. The molecule has 0 heterocycles. The first-order chi connectivity index (χ1) is 12.9. The van der Waals surface area contributed by atoms with E-state index in [0.717, 1.165) is 19.4 Å². The van der Waals surface area contributed by atoms with Crippen molar-refractivity contribution in [1.29, 1.82) is 0 Å². The van der Waals surface area contributed by atoms with Crippen molar-refractivity contribution in [2.75, 3.05) is 18.4 Å². The fourth-order valence-corrected chi connectivity index (χ4v) is 3.25. The van der Waals surface area contributed by atoms with E-state index in [2.05, 4.69) is 15.4 Å². The Morgan fingerprint density at radius 1 is 1.30 bits per heavy atom. The average molecular weight is 383 g/mol. The second-order valence-corrected chi connectivity index (χ2v) is 7.09. The fraction of sp³-hybridized carbons (Fsp3) is 0.556. The molecule has 0 radical (unpaired) electrons. The molecule has 27 heavy (non-hydrogen) atoms. The lowest BCUT2D eigenvalue weighted by Crippen LogP contribution is -2.55. The second kappa shape index (κ2) is 8.51. The molecule has 2 fully saturated rings. The molecule has 3 N–H and O–H groups in total. The van der Waals surface area contributed by atoms with Crippen LogP contribution in [0.3, 0.4) is 0 Å². The van der Waals surface area contributed by atoms with Gasteiger partial charge in [0.05, 0.1) is 6.54 Å². The zero-order valence-electron chi connectivity index (χ0n) is 14.7. The number of carboxylic acids is 1. The predicted molar refractivity (Wildman–Crippen MR) is 94.0 cm³/mol. The summed E-state index contributed by atoms with van der Waals surface area (Å²) in [6.45, 7) is -2.10. The van der Waals surface area contributed by atoms with Crippen molar-refractivity contribution in [3.63, 3.8) is 0 Å². The first-order valence-electron chi connectivity index (χ1n) is 8.97. The van der Waals surface area contributed by atoms with Crippen LogP contribution in [-0.4, -0.2) is 53.8 Å². The molecular weight excluding hydrogens is 360 g/mol. The smallest absolute Gasteiger partial charge is 0.387 e. The summed E-state index contributed by atoms with van der Waals surface area (Å²) in [4.78, 5) is 25.1. The molecule has 2 aliphatic rings. The number of nitrogens with one attached hydrogen (secondary N) is 2. The van der Waals surface area contributed by atoms with Crippen LogP contribution in [0.4, 0.5) is 19.3 Å². The summed E-state index contributed by atoms with van der Waals surface area (Å²) in [6.07, 6.45) is 3.70. The molecule has 0 saturated heterocycles. The summed E-state index contributed by atoms with van der Waals surface area (Å²) >= 11 is 0. The van der Waals surface area contributed by atoms with Gasteiger partial charge in [-0.2, -0.15) is 8.78 Å². The third-order valence-corrected chi connectivity index (χ3v) is 4.81. The monoisotopic (exact) mass is 383 g/mol. The van der Waals surface area contributed by atoms with Crippen molar-refractivity contribution in [1.82, 2.24) is 10.2 Å². The minimum absolute atomic E-state index is 0.0248. The van der Waals surface area contributed by atoms with E-state index in [1.54, 1.807) is 6.07 Å². The van der Waals surface area contributed by atoms with E-state index in [1.165, 1.54) is 18.2 Å². The lowest BCUT2D eigenvalue weighted by atomic mass is 9.85. The molecule has 1 aromatic rings. The Morgan fingerprint density at radius 3 is 2.67 bits per heavy atom. The van der Waals surface area contributed by atoms with Gasteiger partial charge in [0.15, 0.2) is 0 Å². The highest BCUT2D eigenvalue weighted by Crippen LogP contribution is 2.33. The largest absolute Gasteiger partial charge is 0.480 e. The zero-order valence-corrected chi connectivity index (χ0v) is 14.7. The van der Waals surface area contributed by atoms with E-state index in [9.17, 15) is 18.4 Å². The maximum absolute atomic E-state index is 12.2. The number of ether oxygens (including phenoxy) is 1. The SMILES string of the molecule is O=C(O)CN(CC1CC1)C1CC(NC(=O)Nc2cccc(OC(F)F)c2)C1. The van der Waals surface area contributed by atoms with E-state index in [4.69, 9.17) is 5.11 Å². The topological polar surface area (TPSA) is 90.9 Å². The molecule has 1 aromatic carbocycles. The Balaban J connectivity index is 1.43. The Bertz CT molecular complexity index is 678. The van der Waals surface area contributed by atoms with Crippen LogP contribution < -0.4 is 15.4 Å². The predicted octanol–water partition coefficient (Wildman–Crippen LogP) is 2.74. The number of hydrogen-bond acceptors (Lipinski definition) is 4. The molecule has 2 saturated carbocycles. The quantitative estimate of drug-likeness (QED) is 0.610. The van der Waals surface area contributed by atoms with Crippen LogP contribution in [0.2, 0.25) is 0 Å². The Kier molecular flexibility index (Phi) is 6.10. The summed E-state index contributed by atoms with van der Waals surface area (Å²) in [5, 5.41) is 14.5. The molecule has 0 aromatic heterocycles. The fourth-order valence-electron chi connectivity index (χ4n) is 3.25. The third-order valence-electron chi connectivity index (χ3n) is 4.81. The summed E-state index contributed by atoms with van der Waals surface area (Å²) in [5.41, 5.74) is 0.350.